The summed E-state index contributed by atoms with van der Waals surface area (Å²) in [5.74, 6) is 1.02. The number of hydrogen-bond acceptors (Lipinski definition) is 3. The van der Waals surface area contributed by atoms with E-state index >= 15 is 0 Å². The van der Waals surface area contributed by atoms with Gasteiger partial charge in [-0.1, -0.05) is 18.2 Å². The van der Waals surface area contributed by atoms with E-state index in [-0.39, 0.29) is 11.9 Å². The number of hydrogen-bond donors (Lipinski definition) is 2. The van der Waals surface area contributed by atoms with E-state index in [0.717, 1.165) is 25.2 Å². The van der Waals surface area contributed by atoms with E-state index in [1.165, 1.54) is 5.56 Å². The van der Waals surface area contributed by atoms with Crippen LogP contribution < -0.4 is 15.4 Å². The molecule has 1 aliphatic rings. The molecule has 1 unspecified atom stereocenters. The van der Waals surface area contributed by atoms with E-state index in [2.05, 4.69) is 16.7 Å². The molecule has 0 fully saturated rings. The van der Waals surface area contributed by atoms with Gasteiger partial charge in [0.2, 0.25) is 5.91 Å². The van der Waals surface area contributed by atoms with Crippen molar-refractivity contribution in [3.63, 3.8) is 0 Å². The van der Waals surface area contributed by atoms with Gasteiger partial charge in [0, 0.05) is 25.2 Å². The summed E-state index contributed by atoms with van der Waals surface area (Å²) in [6, 6.07) is 8.39. The van der Waals surface area contributed by atoms with Crippen LogP contribution in [0.15, 0.2) is 24.3 Å². The van der Waals surface area contributed by atoms with Crippen molar-refractivity contribution in [2.45, 2.75) is 32.7 Å². The van der Waals surface area contributed by atoms with Crippen molar-refractivity contribution in [3.05, 3.63) is 29.8 Å². The zero-order valence-corrected chi connectivity index (χ0v) is 12.5. The average Bonchev–Trinajstić information content (AvgIpc) is 2.66. The monoisotopic (exact) mass is 276 g/mol. The first kappa shape index (κ1) is 14.9. The molecule has 1 atom stereocenters. The molecule has 2 N–H and O–H groups in total. The summed E-state index contributed by atoms with van der Waals surface area (Å²) < 4.78 is 5.76. The summed E-state index contributed by atoms with van der Waals surface area (Å²) in [7, 11) is 1.68. The Kier molecular flexibility index (Phi) is 4.65. The van der Waals surface area contributed by atoms with Gasteiger partial charge in [-0.2, -0.15) is 0 Å². The molecule has 2 rings (SSSR count). The van der Waals surface area contributed by atoms with Gasteiger partial charge in [-0.25, -0.2) is 0 Å². The summed E-state index contributed by atoms with van der Waals surface area (Å²) in [6.45, 7) is 5.32. The highest BCUT2D eigenvalue weighted by molar-refractivity contribution is 5.81. The first-order valence-electron chi connectivity index (χ1n) is 7.22. The van der Waals surface area contributed by atoms with Crippen LogP contribution in [0.25, 0.3) is 0 Å². The molecule has 1 heterocycles. The molecular weight excluding hydrogens is 252 g/mol. The Balaban J connectivity index is 2.08. The lowest BCUT2D eigenvalue weighted by atomic mass is 9.91. The molecule has 0 aliphatic carbocycles. The minimum absolute atomic E-state index is 0.0585. The number of fused-ring (bicyclic) bond motifs is 1. The number of rotatable bonds is 4. The van der Waals surface area contributed by atoms with Gasteiger partial charge in [0.15, 0.2) is 0 Å². The van der Waals surface area contributed by atoms with E-state index in [4.69, 9.17) is 4.74 Å². The molecule has 0 aromatic heterocycles. The summed E-state index contributed by atoms with van der Waals surface area (Å²) in [5.41, 5.74) is 0.773. The van der Waals surface area contributed by atoms with Crippen molar-refractivity contribution >= 4 is 5.91 Å². The minimum atomic E-state index is -0.420. The summed E-state index contributed by atoms with van der Waals surface area (Å²) in [5, 5.41) is 6.25. The molecule has 4 nitrogen and oxygen atoms in total. The topological polar surface area (TPSA) is 50.4 Å². The predicted molar refractivity (Wildman–Crippen MR) is 79.8 cm³/mol. The van der Waals surface area contributed by atoms with E-state index in [1.807, 2.05) is 32.0 Å². The predicted octanol–water partition coefficient (Wildman–Crippen LogP) is 2.26. The molecule has 4 heteroatoms. The van der Waals surface area contributed by atoms with Gasteiger partial charge in [-0.05, 0) is 32.8 Å². The zero-order chi connectivity index (χ0) is 14.6. The fraction of sp³-hybridized carbons (Fsp3) is 0.562. The highest BCUT2D eigenvalue weighted by Gasteiger charge is 2.28. The Bertz CT molecular complexity index is 471. The number of amides is 1. The van der Waals surface area contributed by atoms with Crippen LogP contribution in [0.5, 0.6) is 5.75 Å². The number of carbonyl (C=O) groups is 1. The van der Waals surface area contributed by atoms with Crippen LogP contribution in [0.3, 0.4) is 0 Å². The average molecular weight is 276 g/mol. The van der Waals surface area contributed by atoms with Gasteiger partial charge >= 0.3 is 0 Å². The first-order chi connectivity index (χ1) is 9.54. The normalized spacial score (nSPS) is 18.6. The molecule has 0 saturated heterocycles. The van der Waals surface area contributed by atoms with Gasteiger partial charge in [0.1, 0.15) is 5.75 Å². The lowest BCUT2D eigenvalue weighted by molar-refractivity contribution is -0.128. The molecule has 0 saturated carbocycles. The second-order valence-electron chi connectivity index (χ2n) is 5.93. The van der Waals surface area contributed by atoms with Crippen LogP contribution >= 0.6 is 0 Å². The van der Waals surface area contributed by atoms with E-state index < -0.39 is 5.41 Å². The Labute approximate surface area is 120 Å². The molecule has 0 spiro atoms. The lowest BCUT2D eigenvalue weighted by Crippen LogP contribution is -2.43. The smallest absolute Gasteiger partial charge is 0.226 e. The number of carbonyl (C=O) groups excluding carboxylic acids is 1. The van der Waals surface area contributed by atoms with Crippen LogP contribution in [0, 0.1) is 5.41 Å². The van der Waals surface area contributed by atoms with E-state index in [0.29, 0.717) is 6.54 Å². The second kappa shape index (κ2) is 6.27. The first-order valence-corrected chi connectivity index (χ1v) is 7.22. The fourth-order valence-electron chi connectivity index (χ4n) is 2.53. The largest absolute Gasteiger partial charge is 0.493 e. The minimum Gasteiger partial charge on any atom is -0.493 e. The van der Waals surface area contributed by atoms with Crippen molar-refractivity contribution < 1.29 is 9.53 Å². The van der Waals surface area contributed by atoms with Crippen LogP contribution in [0.4, 0.5) is 0 Å². The van der Waals surface area contributed by atoms with Gasteiger partial charge < -0.3 is 15.4 Å². The molecule has 0 bridgehead atoms. The Morgan fingerprint density at radius 1 is 1.40 bits per heavy atom. The van der Waals surface area contributed by atoms with Crippen molar-refractivity contribution in [1.82, 2.24) is 10.6 Å². The maximum absolute atomic E-state index is 11.8. The molecule has 1 aliphatic heterocycles. The molecule has 20 heavy (non-hydrogen) atoms. The second-order valence-corrected chi connectivity index (χ2v) is 5.93. The molecule has 1 aromatic rings. The maximum atomic E-state index is 11.8. The summed E-state index contributed by atoms with van der Waals surface area (Å²) in [6.07, 6.45) is 2.05. The van der Waals surface area contributed by atoms with Crippen molar-refractivity contribution in [3.8, 4) is 5.75 Å². The third kappa shape index (κ3) is 3.31. The standard InChI is InChI=1S/C16H24N2O2/c1-16(2,15(19)17-3)11-18-13-8-6-10-20-14-9-5-4-7-12(13)14/h4-5,7,9,13,18H,6,8,10-11H2,1-3H3,(H,17,19). The molecule has 1 amide bonds. The fourth-order valence-corrected chi connectivity index (χ4v) is 2.53. The number of ether oxygens (including phenoxy) is 1. The Morgan fingerprint density at radius 2 is 2.15 bits per heavy atom. The molecule has 1 aromatic carbocycles. The van der Waals surface area contributed by atoms with E-state index in [1.54, 1.807) is 7.05 Å². The quantitative estimate of drug-likeness (QED) is 0.887. The van der Waals surface area contributed by atoms with Gasteiger partial charge in [-0.3, -0.25) is 4.79 Å². The third-order valence-electron chi connectivity index (χ3n) is 3.82. The number of para-hydroxylation sites is 1. The van der Waals surface area contributed by atoms with E-state index in [9.17, 15) is 4.79 Å². The SMILES string of the molecule is CNC(=O)C(C)(C)CNC1CCCOc2ccccc21. The Morgan fingerprint density at radius 3 is 2.90 bits per heavy atom. The van der Waals surface area contributed by atoms with Crippen molar-refractivity contribution in [1.29, 1.82) is 0 Å². The zero-order valence-electron chi connectivity index (χ0n) is 12.5. The van der Waals surface area contributed by atoms with Gasteiger partial charge in [0.05, 0.1) is 12.0 Å². The van der Waals surface area contributed by atoms with Gasteiger partial charge in [-0.15, -0.1) is 0 Å². The van der Waals surface area contributed by atoms with Crippen molar-refractivity contribution in [2.75, 3.05) is 20.2 Å². The molecule has 0 radical (unpaired) electrons. The molecular formula is C16H24N2O2. The maximum Gasteiger partial charge on any atom is 0.226 e. The number of benzene rings is 1. The third-order valence-corrected chi connectivity index (χ3v) is 3.82. The van der Waals surface area contributed by atoms with Crippen LogP contribution in [0.1, 0.15) is 38.3 Å². The summed E-state index contributed by atoms with van der Waals surface area (Å²) >= 11 is 0. The van der Waals surface area contributed by atoms with Crippen molar-refractivity contribution in [2.24, 2.45) is 5.41 Å². The highest BCUT2D eigenvalue weighted by Crippen LogP contribution is 2.31. The van der Waals surface area contributed by atoms with Crippen LogP contribution in [-0.2, 0) is 4.79 Å². The van der Waals surface area contributed by atoms with Crippen LogP contribution in [-0.4, -0.2) is 26.1 Å². The molecule has 110 valence electrons. The van der Waals surface area contributed by atoms with Gasteiger partial charge in [0.25, 0.3) is 0 Å². The van der Waals surface area contributed by atoms with Crippen LogP contribution in [0.2, 0.25) is 0 Å². The highest BCUT2D eigenvalue weighted by atomic mass is 16.5. The lowest BCUT2D eigenvalue weighted by Gasteiger charge is -2.27. The Hall–Kier alpha value is -1.55. The number of nitrogens with one attached hydrogen (secondary N) is 2. The summed E-state index contributed by atoms with van der Waals surface area (Å²) in [4.78, 5) is 11.8.